The highest BCUT2D eigenvalue weighted by molar-refractivity contribution is 9.10. The third-order valence-corrected chi connectivity index (χ3v) is 6.00. The highest BCUT2D eigenvalue weighted by atomic mass is 79.9. The molecular formula is C13H19BrN2O2S. The molecule has 0 amide bonds. The van der Waals surface area contributed by atoms with Crippen LogP contribution < -0.4 is 5.73 Å². The minimum Gasteiger partial charge on any atom is -0.330 e. The van der Waals surface area contributed by atoms with Gasteiger partial charge < -0.3 is 5.73 Å². The lowest BCUT2D eigenvalue weighted by Crippen LogP contribution is -2.35. The van der Waals surface area contributed by atoms with Crippen molar-refractivity contribution in [2.24, 2.45) is 11.1 Å². The Morgan fingerprint density at radius 1 is 1.37 bits per heavy atom. The third-order valence-electron chi connectivity index (χ3n) is 3.67. The molecule has 0 saturated carbocycles. The van der Waals surface area contributed by atoms with Crippen molar-refractivity contribution in [3.05, 3.63) is 34.3 Å². The fourth-order valence-electron chi connectivity index (χ4n) is 2.27. The zero-order chi connectivity index (χ0) is 14.1. The Bertz CT molecular complexity index is 544. The molecule has 106 valence electrons. The van der Waals surface area contributed by atoms with Crippen molar-refractivity contribution >= 4 is 26.0 Å². The maximum Gasteiger partial charge on any atom is 0.218 e. The van der Waals surface area contributed by atoms with E-state index in [1.165, 1.54) is 0 Å². The smallest absolute Gasteiger partial charge is 0.218 e. The molecule has 0 aliphatic carbocycles. The van der Waals surface area contributed by atoms with Crippen LogP contribution in [0.1, 0.15) is 18.9 Å². The number of benzene rings is 1. The van der Waals surface area contributed by atoms with Crippen molar-refractivity contribution in [1.82, 2.24) is 4.31 Å². The van der Waals surface area contributed by atoms with E-state index in [1.807, 2.05) is 31.2 Å². The summed E-state index contributed by atoms with van der Waals surface area (Å²) in [6, 6.07) is 7.39. The third kappa shape index (κ3) is 3.56. The van der Waals surface area contributed by atoms with Crippen LogP contribution in [0.2, 0.25) is 0 Å². The van der Waals surface area contributed by atoms with Gasteiger partial charge >= 0.3 is 0 Å². The minimum atomic E-state index is -3.24. The topological polar surface area (TPSA) is 63.4 Å². The molecular weight excluding hydrogens is 328 g/mol. The Hall–Kier alpha value is -0.430. The molecule has 0 spiro atoms. The van der Waals surface area contributed by atoms with E-state index in [4.69, 9.17) is 5.73 Å². The second kappa shape index (κ2) is 5.52. The first-order valence-corrected chi connectivity index (χ1v) is 8.67. The van der Waals surface area contributed by atoms with Gasteiger partial charge in [0.05, 0.1) is 5.75 Å². The summed E-state index contributed by atoms with van der Waals surface area (Å²) in [5.74, 6) is 0.0565. The van der Waals surface area contributed by atoms with Crippen LogP contribution in [0.5, 0.6) is 0 Å². The Morgan fingerprint density at radius 3 is 2.53 bits per heavy atom. The SMILES string of the molecule is CC1(CN)CCN(S(=O)(=O)Cc2ccc(Br)cc2)C1. The molecule has 2 N–H and O–H groups in total. The molecule has 6 heteroatoms. The van der Waals surface area contributed by atoms with Crippen molar-refractivity contribution in [3.8, 4) is 0 Å². The van der Waals surface area contributed by atoms with E-state index in [1.54, 1.807) is 4.31 Å². The fraction of sp³-hybridized carbons (Fsp3) is 0.538. The average molecular weight is 347 g/mol. The first-order chi connectivity index (χ1) is 8.85. The Morgan fingerprint density at radius 2 is 2.00 bits per heavy atom. The number of nitrogens with zero attached hydrogens (tertiary/aromatic N) is 1. The van der Waals surface area contributed by atoms with Crippen LogP contribution in [0.25, 0.3) is 0 Å². The van der Waals surface area contributed by atoms with Crippen molar-refractivity contribution in [2.75, 3.05) is 19.6 Å². The molecule has 0 radical (unpaired) electrons. The number of hydrogen-bond donors (Lipinski definition) is 1. The van der Waals surface area contributed by atoms with Gasteiger partial charge in [0, 0.05) is 17.6 Å². The molecule has 1 aromatic rings. The summed E-state index contributed by atoms with van der Waals surface area (Å²) in [6.07, 6.45) is 0.836. The zero-order valence-electron chi connectivity index (χ0n) is 11.0. The molecule has 1 aliphatic heterocycles. The van der Waals surface area contributed by atoms with Gasteiger partial charge in [-0.3, -0.25) is 0 Å². The Kier molecular flexibility index (Phi) is 4.35. The van der Waals surface area contributed by atoms with Crippen LogP contribution in [-0.2, 0) is 15.8 Å². The van der Waals surface area contributed by atoms with E-state index >= 15 is 0 Å². The monoisotopic (exact) mass is 346 g/mol. The highest BCUT2D eigenvalue weighted by Crippen LogP contribution is 2.31. The zero-order valence-corrected chi connectivity index (χ0v) is 13.4. The van der Waals surface area contributed by atoms with Crippen LogP contribution in [0.4, 0.5) is 0 Å². The minimum absolute atomic E-state index is 0.0565. The quantitative estimate of drug-likeness (QED) is 0.906. The van der Waals surface area contributed by atoms with Gasteiger partial charge in [-0.15, -0.1) is 0 Å². The number of rotatable bonds is 4. The van der Waals surface area contributed by atoms with Crippen LogP contribution in [-0.4, -0.2) is 32.4 Å². The maximum absolute atomic E-state index is 12.4. The summed E-state index contributed by atoms with van der Waals surface area (Å²) < 4.78 is 27.2. The standard InChI is InChI=1S/C13H19BrN2O2S/c1-13(9-15)6-7-16(10-13)19(17,18)8-11-2-4-12(14)5-3-11/h2-5H,6-10,15H2,1H3. The van der Waals surface area contributed by atoms with Gasteiger partial charge in [-0.25, -0.2) is 12.7 Å². The van der Waals surface area contributed by atoms with E-state index in [0.29, 0.717) is 19.6 Å². The van der Waals surface area contributed by atoms with Gasteiger partial charge in [0.2, 0.25) is 10.0 Å². The summed E-state index contributed by atoms with van der Waals surface area (Å²) in [7, 11) is -3.24. The van der Waals surface area contributed by atoms with E-state index in [9.17, 15) is 8.42 Å². The second-order valence-electron chi connectivity index (χ2n) is 5.48. The Labute approximate surface area is 123 Å². The van der Waals surface area contributed by atoms with E-state index in [0.717, 1.165) is 16.5 Å². The number of sulfonamides is 1. The molecule has 2 rings (SSSR count). The highest BCUT2D eigenvalue weighted by Gasteiger charge is 2.38. The first kappa shape index (κ1) is 15.0. The van der Waals surface area contributed by atoms with Gasteiger partial charge in [-0.05, 0) is 36.1 Å². The number of nitrogens with two attached hydrogens (primary N) is 1. The van der Waals surface area contributed by atoms with Gasteiger partial charge in [0.15, 0.2) is 0 Å². The number of halogens is 1. The van der Waals surface area contributed by atoms with Crippen molar-refractivity contribution in [3.63, 3.8) is 0 Å². The molecule has 1 unspecified atom stereocenters. The molecule has 1 atom stereocenters. The summed E-state index contributed by atoms with van der Waals surface area (Å²) in [5.41, 5.74) is 6.45. The first-order valence-electron chi connectivity index (χ1n) is 6.27. The molecule has 1 saturated heterocycles. The largest absolute Gasteiger partial charge is 0.330 e. The lowest BCUT2D eigenvalue weighted by molar-refractivity contribution is 0.349. The predicted molar refractivity (Wildman–Crippen MR) is 80.1 cm³/mol. The van der Waals surface area contributed by atoms with Crippen LogP contribution in [0.15, 0.2) is 28.7 Å². The second-order valence-corrected chi connectivity index (χ2v) is 8.37. The Balaban J connectivity index is 2.09. The van der Waals surface area contributed by atoms with Gasteiger partial charge in [0.1, 0.15) is 0 Å². The summed E-state index contributed by atoms with van der Waals surface area (Å²) >= 11 is 3.34. The molecule has 1 aromatic carbocycles. The van der Waals surface area contributed by atoms with Crippen LogP contribution in [0, 0.1) is 5.41 Å². The molecule has 1 aliphatic rings. The molecule has 4 nitrogen and oxygen atoms in total. The summed E-state index contributed by atoms with van der Waals surface area (Å²) in [4.78, 5) is 0. The summed E-state index contributed by atoms with van der Waals surface area (Å²) in [5, 5.41) is 0. The molecule has 19 heavy (non-hydrogen) atoms. The van der Waals surface area contributed by atoms with Gasteiger partial charge in [0.25, 0.3) is 0 Å². The van der Waals surface area contributed by atoms with Crippen LogP contribution in [0.3, 0.4) is 0 Å². The summed E-state index contributed by atoms with van der Waals surface area (Å²) in [6.45, 7) is 3.67. The van der Waals surface area contributed by atoms with Gasteiger partial charge in [-0.1, -0.05) is 35.0 Å². The lowest BCUT2D eigenvalue weighted by Gasteiger charge is -2.22. The van der Waals surface area contributed by atoms with Crippen LogP contribution >= 0.6 is 15.9 Å². The van der Waals surface area contributed by atoms with Crippen molar-refractivity contribution < 1.29 is 8.42 Å². The molecule has 1 fully saturated rings. The van der Waals surface area contributed by atoms with Crippen molar-refractivity contribution in [1.29, 1.82) is 0 Å². The molecule has 0 aromatic heterocycles. The van der Waals surface area contributed by atoms with E-state index < -0.39 is 10.0 Å². The molecule has 0 bridgehead atoms. The van der Waals surface area contributed by atoms with Gasteiger partial charge in [-0.2, -0.15) is 0 Å². The average Bonchev–Trinajstić information content (AvgIpc) is 2.76. The lowest BCUT2D eigenvalue weighted by atomic mass is 9.90. The molecule has 1 heterocycles. The van der Waals surface area contributed by atoms with Crippen molar-refractivity contribution in [2.45, 2.75) is 19.1 Å². The number of hydrogen-bond acceptors (Lipinski definition) is 3. The normalized spacial score (nSPS) is 24.8. The van der Waals surface area contributed by atoms with E-state index in [2.05, 4.69) is 15.9 Å². The fourth-order valence-corrected chi connectivity index (χ4v) is 4.20. The maximum atomic E-state index is 12.4. The predicted octanol–water partition coefficient (Wildman–Crippen LogP) is 1.95. The van der Waals surface area contributed by atoms with E-state index in [-0.39, 0.29) is 11.2 Å².